The van der Waals surface area contributed by atoms with Crippen LogP contribution in [-0.4, -0.2) is 27.7 Å². The summed E-state index contributed by atoms with van der Waals surface area (Å²) >= 11 is 0. The molecule has 5 nitrogen and oxygen atoms in total. The molecule has 2 aromatic heterocycles. The molecular weight excluding hydrogens is 348 g/mol. The van der Waals surface area contributed by atoms with Gasteiger partial charge in [-0.3, -0.25) is 0 Å². The zero-order valence-electron chi connectivity index (χ0n) is 16.1. The van der Waals surface area contributed by atoms with E-state index >= 15 is 0 Å². The van der Waals surface area contributed by atoms with E-state index in [2.05, 4.69) is 82.1 Å². The lowest BCUT2D eigenvalue weighted by Crippen LogP contribution is -2.13. The monoisotopic (exact) mass is 372 g/mol. The third-order valence-electron chi connectivity index (χ3n) is 4.75. The molecule has 28 heavy (non-hydrogen) atoms. The summed E-state index contributed by atoms with van der Waals surface area (Å²) in [6.45, 7) is 7.89. The number of ether oxygens (including phenoxy) is 1. The Morgan fingerprint density at radius 2 is 2.21 bits per heavy atom. The zero-order chi connectivity index (χ0) is 19.3. The van der Waals surface area contributed by atoms with Crippen molar-refractivity contribution in [3.8, 4) is 0 Å². The van der Waals surface area contributed by atoms with Crippen LogP contribution < -0.4 is 5.32 Å². The van der Waals surface area contributed by atoms with Crippen LogP contribution in [-0.2, 0) is 11.3 Å². The molecule has 0 amide bonds. The summed E-state index contributed by atoms with van der Waals surface area (Å²) in [5, 5.41) is 3.44. The Hall–Kier alpha value is -3.34. The van der Waals surface area contributed by atoms with Crippen molar-refractivity contribution in [1.29, 1.82) is 0 Å². The lowest BCUT2D eigenvalue weighted by molar-refractivity contribution is 0.241. The molecule has 3 heterocycles. The molecule has 5 heteroatoms. The molecule has 1 N–H and O–H groups in total. The predicted octanol–water partition coefficient (Wildman–Crippen LogP) is 4.79. The van der Waals surface area contributed by atoms with Crippen LogP contribution in [0, 0.1) is 0 Å². The number of nitrogens with zero attached hydrogens (tertiary/aromatic N) is 3. The van der Waals surface area contributed by atoms with Crippen molar-refractivity contribution in [3.05, 3.63) is 84.1 Å². The van der Waals surface area contributed by atoms with Gasteiger partial charge in [-0.1, -0.05) is 37.0 Å². The van der Waals surface area contributed by atoms with Gasteiger partial charge in [0.1, 0.15) is 17.9 Å². The lowest BCUT2D eigenvalue weighted by atomic mass is 10.2. The number of hydrogen-bond acceptors (Lipinski definition) is 4. The van der Waals surface area contributed by atoms with E-state index in [9.17, 15) is 0 Å². The fourth-order valence-corrected chi connectivity index (χ4v) is 3.34. The van der Waals surface area contributed by atoms with E-state index in [1.165, 1.54) is 11.1 Å². The highest BCUT2D eigenvalue weighted by Crippen LogP contribution is 2.25. The first-order valence-electron chi connectivity index (χ1n) is 9.47. The van der Waals surface area contributed by atoms with E-state index < -0.39 is 0 Å². The number of anilines is 1. The van der Waals surface area contributed by atoms with Crippen molar-refractivity contribution in [3.63, 3.8) is 0 Å². The van der Waals surface area contributed by atoms with Crippen LogP contribution in [0.25, 0.3) is 17.1 Å². The summed E-state index contributed by atoms with van der Waals surface area (Å²) in [7, 11) is 0. The summed E-state index contributed by atoms with van der Waals surface area (Å²) in [4.78, 5) is 9.26. The van der Waals surface area contributed by atoms with Crippen molar-refractivity contribution in [2.24, 2.45) is 0 Å². The van der Waals surface area contributed by atoms with Crippen molar-refractivity contribution in [1.82, 2.24) is 14.5 Å². The highest BCUT2D eigenvalue weighted by molar-refractivity contribution is 5.87. The maximum absolute atomic E-state index is 5.71. The Balaban J connectivity index is 1.65. The second kappa shape index (κ2) is 8.13. The van der Waals surface area contributed by atoms with Gasteiger partial charge in [0.05, 0.1) is 12.1 Å². The Morgan fingerprint density at radius 3 is 3.07 bits per heavy atom. The molecule has 2 aromatic rings. The van der Waals surface area contributed by atoms with Gasteiger partial charge in [-0.15, -0.1) is 0 Å². The summed E-state index contributed by atoms with van der Waals surface area (Å²) < 4.78 is 7.91. The van der Waals surface area contributed by atoms with Gasteiger partial charge in [0.25, 0.3) is 0 Å². The van der Waals surface area contributed by atoms with Crippen LogP contribution in [0.1, 0.15) is 19.2 Å². The molecule has 0 unspecified atom stereocenters. The molecule has 142 valence electrons. The SMILES string of the molecule is C=Cc1nc(NCC2=CC(C)=CCO2)c2c(ccn2CC2=CC=CC=CC2)n1. The van der Waals surface area contributed by atoms with Crippen molar-refractivity contribution < 1.29 is 4.74 Å². The maximum atomic E-state index is 5.71. The van der Waals surface area contributed by atoms with Gasteiger partial charge >= 0.3 is 0 Å². The van der Waals surface area contributed by atoms with Gasteiger partial charge in [0, 0.05) is 12.7 Å². The number of nitrogens with one attached hydrogen (secondary N) is 1. The average Bonchev–Trinajstić information content (AvgIpc) is 2.93. The van der Waals surface area contributed by atoms with Gasteiger partial charge in [-0.25, -0.2) is 9.97 Å². The normalized spacial score (nSPS) is 16.1. The number of allylic oxidation sites excluding steroid dienone is 8. The first kappa shape index (κ1) is 18.0. The average molecular weight is 372 g/mol. The van der Waals surface area contributed by atoms with Gasteiger partial charge in [-0.05, 0) is 48.8 Å². The largest absolute Gasteiger partial charge is 0.492 e. The summed E-state index contributed by atoms with van der Waals surface area (Å²) in [6.07, 6.45) is 19.4. The summed E-state index contributed by atoms with van der Waals surface area (Å²) in [6, 6.07) is 2.03. The number of rotatable bonds is 6. The molecule has 1 aliphatic heterocycles. The fraction of sp³-hybridized carbons (Fsp3) is 0.217. The molecule has 0 radical (unpaired) electrons. The molecule has 0 saturated heterocycles. The second-order valence-corrected chi connectivity index (χ2v) is 6.88. The van der Waals surface area contributed by atoms with Crippen molar-refractivity contribution >= 4 is 22.9 Å². The van der Waals surface area contributed by atoms with Crippen molar-refractivity contribution in [2.45, 2.75) is 19.9 Å². The van der Waals surface area contributed by atoms with Gasteiger partial charge in [-0.2, -0.15) is 0 Å². The number of aromatic nitrogens is 3. The fourth-order valence-electron chi connectivity index (χ4n) is 3.34. The molecule has 0 aromatic carbocycles. The van der Waals surface area contributed by atoms with E-state index in [-0.39, 0.29) is 0 Å². The van der Waals surface area contributed by atoms with Crippen molar-refractivity contribution in [2.75, 3.05) is 18.5 Å². The zero-order valence-corrected chi connectivity index (χ0v) is 16.1. The standard InChI is InChI=1S/C23H24N4O/c1-3-21-25-20-10-12-27(16-18-8-6-4-5-7-9-18)22(20)23(26-21)24-15-19-14-17(2)11-13-28-19/h3-8,10-12,14H,1,9,13,15-16H2,2H3,(H,24,25,26). The first-order valence-corrected chi connectivity index (χ1v) is 9.47. The minimum atomic E-state index is 0.577. The van der Waals surface area contributed by atoms with E-state index in [0.29, 0.717) is 19.0 Å². The first-order chi connectivity index (χ1) is 13.7. The third-order valence-corrected chi connectivity index (χ3v) is 4.75. The van der Waals surface area contributed by atoms with Crippen LogP contribution in [0.5, 0.6) is 0 Å². The van der Waals surface area contributed by atoms with Crippen LogP contribution in [0.3, 0.4) is 0 Å². The third kappa shape index (κ3) is 3.98. The molecule has 1 aliphatic carbocycles. The minimum absolute atomic E-state index is 0.577. The highest BCUT2D eigenvalue weighted by atomic mass is 16.5. The number of hydrogen-bond donors (Lipinski definition) is 1. The molecule has 0 bridgehead atoms. The van der Waals surface area contributed by atoms with Crippen LogP contribution in [0.2, 0.25) is 0 Å². The minimum Gasteiger partial charge on any atom is -0.492 e. The molecule has 4 rings (SSSR count). The number of fused-ring (bicyclic) bond motifs is 1. The highest BCUT2D eigenvalue weighted by Gasteiger charge is 2.13. The van der Waals surface area contributed by atoms with Crippen LogP contribution in [0.4, 0.5) is 5.82 Å². The Labute approximate surface area is 165 Å². The molecule has 0 fully saturated rings. The van der Waals surface area contributed by atoms with Gasteiger partial charge in [0.2, 0.25) is 0 Å². The van der Waals surface area contributed by atoms with E-state index in [0.717, 1.165) is 35.6 Å². The van der Waals surface area contributed by atoms with Crippen LogP contribution in [0.15, 0.2) is 78.3 Å². The summed E-state index contributed by atoms with van der Waals surface area (Å²) in [5.74, 6) is 2.32. The topological polar surface area (TPSA) is 52.0 Å². The van der Waals surface area contributed by atoms with Gasteiger partial charge < -0.3 is 14.6 Å². The molecule has 0 saturated carbocycles. The second-order valence-electron chi connectivity index (χ2n) is 6.88. The molecular formula is C23H24N4O. The van der Waals surface area contributed by atoms with E-state index in [4.69, 9.17) is 4.74 Å². The summed E-state index contributed by atoms with van der Waals surface area (Å²) in [5.41, 5.74) is 4.45. The smallest absolute Gasteiger partial charge is 0.155 e. The maximum Gasteiger partial charge on any atom is 0.155 e. The predicted molar refractivity (Wildman–Crippen MR) is 115 cm³/mol. The van der Waals surface area contributed by atoms with Crippen LogP contribution >= 0.6 is 0 Å². The quantitative estimate of drug-likeness (QED) is 0.792. The molecule has 2 aliphatic rings. The van der Waals surface area contributed by atoms with E-state index in [1.54, 1.807) is 6.08 Å². The van der Waals surface area contributed by atoms with Gasteiger partial charge in [0.15, 0.2) is 11.6 Å². The Morgan fingerprint density at radius 1 is 1.29 bits per heavy atom. The molecule has 0 atom stereocenters. The Kier molecular flexibility index (Phi) is 5.24. The van der Waals surface area contributed by atoms with E-state index in [1.807, 2.05) is 6.07 Å². The Bertz CT molecular complexity index is 1050. The molecule has 0 spiro atoms. The lowest BCUT2D eigenvalue weighted by Gasteiger charge is -2.16.